The summed E-state index contributed by atoms with van der Waals surface area (Å²) in [7, 11) is 4.25. The number of hydrogen-bond acceptors (Lipinski definition) is 6. The predicted molar refractivity (Wildman–Crippen MR) is 124 cm³/mol. The normalized spacial score (nSPS) is 19.0. The molecule has 0 unspecified atom stereocenters. The van der Waals surface area contributed by atoms with Gasteiger partial charge in [0, 0.05) is 36.6 Å². The molecule has 3 aromatic heterocycles. The molecule has 0 aromatic carbocycles. The molecule has 1 saturated carbocycles. The van der Waals surface area contributed by atoms with Crippen molar-refractivity contribution < 1.29 is 4.79 Å². The van der Waals surface area contributed by atoms with Gasteiger partial charge in [0.1, 0.15) is 5.52 Å². The van der Waals surface area contributed by atoms with Crippen molar-refractivity contribution in [1.82, 2.24) is 19.9 Å². The number of aromatic nitrogens is 3. The number of carbonyl (C=O) groups excluding carboxylic acids is 1. The van der Waals surface area contributed by atoms with Crippen molar-refractivity contribution in [2.75, 3.05) is 26.0 Å². The van der Waals surface area contributed by atoms with Crippen molar-refractivity contribution >= 4 is 22.5 Å². The summed E-state index contributed by atoms with van der Waals surface area (Å²) >= 11 is 0. The van der Waals surface area contributed by atoms with E-state index < -0.39 is 0 Å². The molecule has 7 nitrogen and oxygen atoms in total. The number of Topliss-reactive ketones (excluding diaryl/α,β-unsaturated/α-hetero) is 1. The van der Waals surface area contributed by atoms with E-state index in [4.69, 9.17) is 4.98 Å². The summed E-state index contributed by atoms with van der Waals surface area (Å²) in [6, 6.07) is 7.32. The van der Waals surface area contributed by atoms with Crippen LogP contribution in [0.3, 0.4) is 0 Å². The minimum absolute atomic E-state index is 0.0329. The molecule has 4 rings (SSSR count). The molecule has 3 heterocycles. The third-order valence-corrected chi connectivity index (χ3v) is 5.99. The maximum absolute atomic E-state index is 12.4. The van der Waals surface area contributed by atoms with Gasteiger partial charge in [0.05, 0.1) is 22.5 Å². The first-order chi connectivity index (χ1) is 14.9. The van der Waals surface area contributed by atoms with Crippen LogP contribution in [-0.2, 0) is 0 Å². The van der Waals surface area contributed by atoms with Crippen LogP contribution in [0.5, 0.6) is 0 Å². The van der Waals surface area contributed by atoms with Crippen LogP contribution in [0.1, 0.15) is 43.0 Å². The van der Waals surface area contributed by atoms with E-state index in [1.165, 1.54) is 18.9 Å². The highest BCUT2D eigenvalue weighted by Gasteiger charge is 2.24. The van der Waals surface area contributed by atoms with E-state index in [0.717, 1.165) is 47.8 Å². The number of carbonyl (C=O) groups is 1. The SMILES string of the molecule is CC(=O)c1cnc2ccc(-c3ccc(=O)[nH]c3)nc2c1NC1CCC(CN(C)C)CC1. The van der Waals surface area contributed by atoms with Crippen molar-refractivity contribution in [1.29, 1.82) is 0 Å². The van der Waals surface area contributed by atoms with E-state index in [-0.39, 0.29) is 11.3 Å². The molecule has 162 valence electrons. The maximum Gasteiger partial charge on any atom is 0.247 e. The molecule has 2 N–H and O–H groups in total. The lowest BCUT2D eigenvalue weighted by atomic mass is 9.85. The zero-order valence-corrected chi connectivity index (χ0v) is 18.3. The zero-order valence-electron chi connectivity index (χ0n) is 18.3. The van der Waals surface area contributed by atoms with Gasteiger partial charge in [-0.05, 0) is 70.8 Å². The van der Waals surface area contributed by atoms with E-state index in [1.54, 1.807) is 25.4 Å². The molecule has 0 amide bonds. The van der Waals surface area contributed by atoms with Crippen LogP contribution < -0.4 is 10.9 Å². The van der Waals surface area contributed by atoms with E-state index in [2.05, 4.69) is 34.3 Å². The number of hydrogen-bond donors (Lipinski definition) is 2. The van der Waals surface area contributed by atoms with E-state index in [9.17, 15) is 9.59 Å². The van der Waals surface area contributed by atoms with Crippen molar-refractivity contribution in [2.45, 2.75) is 38.6 Å². The average molecular weight is 420 g/mol. The molecule has 0 radical (unpaired) electrons. The van der Waals surface area contributed by atoms with Gasteiger partial charge in [-0.1, -0.05) is 0 Å². The summed E-state index contributed by atoms with van der Waals surface area (Å²) in [6.07, 6.45) is 7.77. The molecule has 0 spiro atoms. The molecule has 31 heavy (non-hydrogen) atoms. The Kier molecular flexibility index (Phi) is 6.13. The summed E-state index contributed by atoms with van der Waals surface area (Å²) in [5.41, 5.74) is 4.13. The second-order valence-corrected chi connectivity index (χ2v) is 8.73. The monoisotopic (exact) mass is 419 g/mol. The lowest BCUT2D eigenvalue weighted by Crippen LogP contribution is -2.31. The fourth-order valence-electron chi connectivity index (χ4n) is 4.42. The Balaban J connectivity index is 1.67. The Morgan fingerprint density at radius 1 is 1.16 bits per heavy atom. The van der Waals surface area contributed by atoms with Crippen LogP contribution >= 0.6 is 0 Å². The zero-order chi connectivity index (χ0) is 22.0. The molecule has 1 fully saturated rings. The summed E-state index contributed by atoms with van der Waals surface area (Å²) in [5.74, 6) is 0.689. The molecule has 7 heteroatoms. The number of nitrogens with zero attached hydrogens (tertiary/aromatic N) is 3. The summed E-state index contributed by atoms with van der Waals surface area (Å²) in [6.45, 7) is 2.68. The van der Waals surface area contributed by atoms with Gasteiger partial charge in [-0.3, -0.25) is 14.6 Å². The Hall–Kier alpha value is -3.06. The minimum Gasteiger partial charge on any atom is -0.380 e. The lowest BCUT2D eigenvalue weighted by Gasteiger charge is -2.31. The number of nitrogens with one attached hydrogen (secondary N) is 2. The number of pyridine rings is 3. The highest BCUT2D eigenvalue weighted by molar-refractivity contribution is 6.06. The first kappa shape index (κ1) is 21.2. The molecule has 0 atom stereocenters. The Bertz CT molecular complexity index is 1130. The quantitative estimate of drug-likeness (QED) is 0.592. The van der Waals surface area contributed by atoms with Gasteiger partial charge in [-0.15, -0.1) is 0 Å². The van der Waals surface area contributed by atoms with Gasteiger partial charge in [0.15, 0.2) is 5.78 Å². The summed E-state index contributed by atoms with van der Waals surface area (Å²) in [5, 5.41) is 3.64. The Morgan fingerprint density at radius 3 is 2.58 bits per heavy atom. The molecule has 3 aromatic rings. The smallest absolute Gasteiger partial charge is 0.247 e. The van der Waals surface area contributed by atoms with Crippen LogP contribution in [0.15, 0.2) is 41.5 Å². The standard InChI is InChI=1S/C24H29N5O2/c1-15(30)19-13-25-21-10-9-20(17-6-11-22(31)26-12-17)28-24(21)23(19)27-18-7-4-16(5-8-18)14-29(2)3/h6,9-13,16,18H,4-5,7-8,14H2,1-3H3,(H,25,27)(H,26,31). The van der Waals surface area contributed by atoms with Crippen LogP contribution in [0, 0.1) is 5.92 Å². The minimum atomic E-state index is -0.155. The predicted octanol–water partition coefficient (Wildman–Crippen LogP) is 3.72. The van der Waals surface area contributed by atoms with Crippen LogP contribution in [0.4, 0.5) is 5.69 Å². The van der Waals surface area contributed by atoms with Crippen molar-refractivity contribution in [3.8, 4) is 11.3 Å². The molecule has 0 saturated heterocycles. The fourth-order valence-corrected chi connectivity index (χ4v) is 4.42. The van der Waals surface area contributed by atoms with E-state index >= 15 is 0 Å². The third-order valence-electron chi connectivity index (χ3n) is 5.99. The van der Waals surface area contributed by atoms with Gasteiger partial charge in [-0.2, -0.15) is 0 Å². The number of aromatic amines is 1. The largest absolute Gasteiger partial charge is 0.380 e. The molecule has 1 aliphatic rings. The Labute approximate surface area is 181 Å². The highest BCUT2D eigenvalue weighted by atomic mass is 16.1. The third kappa shape index (κ3) is 4.82. The average Bonchev–Trinajstić information content (AvgIpc) is 2.75. The van der Waals surface area contributed by atoms with Gasteiger partial charge in [0.25, 0.3) is 0 Å². The van der Waals surface area contributed by atoms with E-state index in [1.807, 2.05) is 12.1 Å². The van der Waals surface area contributed by atoms with Gasteiger partial charge in [-0.25, -0.2) is 4.98 Å². The molecule has 1 aliphatic carbocycles. The number of anilines is 1. The van der Waals surface area contributed by atoms with Gasteiger partial charge < -0.3 is 15.2 Å². The molecule has 0 bridgehead atoms. The fraction of sp³-hybridized carbons (Fsp3) is 0.417. The lowest BCUT2D eigenvalue weighted by molar-refractivity contribution is 0.101. The highest BCUT2D eigenvalue weighted by Crippen LogP contribution is 2.32. The second-order valence-electron chi connectivity index (χ2n) is 8.73. The number of ketones is 1. The molecular weight excluding hydrogens is 390 g/mol. The van der Waals surface area contributed by atoms with Gasteiger partial charge in [0.2, 0.25) is 5.56 Å². The molecule has 0 aliphatic heterocycles. The topological polar surface area (TPSA) is 91.0 Å². The van der Waals surface area contributed by atoms with E-state index in [0.29, 0.717) is 17.1 Å². The summed E-state index contributed by atoms with van der Waals surface area (Å²) < 4.78 is 0. The van der Waals surface area contributed by atoms with Crippen LogP contribution in [0.2, 0.25) is 0 Å². The second kappa shape index (κ2) is 8.98. The maximum atomic E-state index is 12.4. The number of H-pyrrole nitrogens is 1. The number of rotatable bonds is 6. The Morgan fingerprint density at radius 2 is 1.94 bits per heavy atom. The van der Waals surface area contributed by atoms with Crippen molar-refractivity contribution in [3.63, 3.8) is 0 Å². The van der Waals surface area contributed by atoms with Crippen molar-refractivity contribution in [3.05, 3.63) is 52.6 Å². The van der Waals surface area contributed by atoms with Crippen LogP contribution in [0.25, 0.3) is 22.3 Å². The van der Waals surface area contributed by atoms with Crippen LogP contribution in [-0.4, -0.2) is 52.3 Å². The summed E-state index contributed by atoms with van der Waals surface area (Å²) in [4.78, 5) is 38.0. The number of fused-ring (bicyclic) bond motifs is 1. The van der Waals surface area contributed by atoms with Crippen molar-refractivity contribution in [2.24, 2.45) is 5.92 Å². The van der Waals surface area contributed by atoms with Gasteiger partial charge >= 0.3 is 0 Å². The molecular formula is C24H29N5O2. The first-order valence-corrected chi connectivity index (χ1v) is 10.8. The first-order valence-electron chi connectivity index (χ1n) is 10.8.